The van der Waals surface area contributed by atoms with Crippen molar-refractivity contribution in [3.8, 4) is 28.7 Å². The number of esters is 2. The second-order valence-corrected chi connectivity index (χ2v) is 13.4. The monoisotopic (exact) mass is 674 g/mol. The Labute approximate surface area is 292 Å². The van der Waals surface area contributed by atoms with Crippen LogP contribution >= 0.6 is 0 Å². The molecule has 2 aromatic rings. The van der Waals surface area contributed by atoms with Crippen LogP contribution in [-0.4, -0.2) is 39.6 Å². The summed E-state index contributed by atoms with van der Waals surface area (Å²) in [6.07, 6.45) is 25.3. The smallest absolute Gasteiger partial charge is 0.311 e. The minimum Gasteiger partial charge on any atom is -0.493 e. The molecular formula is C41H54O8. The SMILES string of the molecule is CCCCC/C=C\C/C=C\CCCCCCCCCC(=O)Oc1c(OC)cc([C@@H]2c3cc4c(cc3C[C@H]3COC(=O)[C@@H]32)OCO4)cc1OC. The van der Waals surface area contributed by atoms with Crippen molar-refractivity contribution in [2.45, 2.75) is 109 Å². The standard InChI is InChI=1S/C41H54O8/c1-4-5-6-7-8-9-10-11-12-13-14-15-16-17-18-19-20-21-37(42)49-40-35(44-2)24-30(25-36(40)45-3)38-32-26-34-33(47-28-48-34)23-29(32)22-31-27-46-41(43)39(31)38/h8-9,11-12,23-26,31,38-39H,4-7,10,13-22,27-28H2,1-3H3/b9-8-,12-11-/t31-,38+,39-/m0/s1. The number of ether oxygens (including phenoxy) is 6. The molecule has 266 valence electrons. The van der Waals surface area contributed by atoms with E-state index >= 15 is 0 Å². The molecule has 0 bridgehead atoms. The number of hydrogen-bond acceptors (Lipinski definition) is 8. The first-order chi connectivity index (χ1) is 24.0. The van der Waals surface area contributed by atoms with Crippen LogP contribution in [0.1, 0.15) is 119 Å². The minimum atomic E-state index is -0.357. The maximum atomic E-state index is 13.0. The molecule has 0 amide bonds. The number of carbonyl (C=O) groups is 2. The second kappa shape index (κ2) is 18.7. The van der Waals surface area contributed by atoms with E-state index in [0.29, 0.717) is 36.0 Å². The van der Waals surface area contributed by atoms with Crippen LogP contribution < -0.4 is 23.7 Å². The lowest BCUT2D eigenvalue weighted by Crippen LogP contribution is -2.31. The summed E-state index contributed by atoms with van der Waals surface area (Å²) in [6.45, 7) is 2.80. The van der Waals surface area contributed by atoms with Gasteiger partial charge in [0.25, 0.3) is 0 Å². The Morgan fingerprint density at radius 2 is 1.43 bits per heavy atom. The summed E-state index contributed by atoms with van der Waals surface area (Å²) in [5.74, 6) is 1.24. The molecule has 0 spiro atoms. The van der Waals surface area contributed by atoms with E-state index in [1.54, 1.807) is 14.2 Å². The molecule has 0 saturated carbocycles. The second-order valence-electron chi connectivity index (χ2n) is 13.4. The fourth-order valence-corrected chi connectivity index (χ4v) is 7.28. The molecule has 1 saturated heterocycles. The molecule has 0 radical (unpaired) electrons. The summed E-state index contributed by atoms with van der Waals surface area (Å²) < 4.78 is 34.2. The molecule has 3 atom stereocenters. The third-order valence-corrected chi connectivity index (χ3v) is 9.92. The lowest BCUT2D eigenvalue weighted by Gasteiger charge is -2.34. The Morgan fingerprint density at radius 3 is 2.10 bits per heavy atom. The Bertz CT molecular complexity index is 1430. The molecule has 2 heterocycles. The van der Waals surface area contributed by atoms with Crippen molar-refractivity contribution in [3.05, 3.63) is 65.3 Å². The molecule has 2 aromatic carbocycles. The van der Waals surface area contributed by atoms with Crippen molar-refractivity contribution in [2.75, 3.05) is 27.6 Å². The largest absolute Gasteiger partial charge is 0.493 e. The number of benzene rings is 2. The third kappa shape index (κ3) is 9.61. The van der Waals surface area contributed by atoms with E-state index in [1.807, 2.05) is 24.3 Å². The molecule has 49 heavy (non-hydrogen) atoms. The van der Waals surface area contributed by atoms with Gasteiger partial charge in [-0.3, -0.25) is 9.59 Å². The molecule has 8 heteroatoms. The molecule has 0 unspecified atom stereocenters. The van der Waals surface area contributed by atoms with Gasteiger partial charge in [-0.25, -0.2) is 0 Å². The van der Waals surface area contributed by atoms with Gasteiger partial charge >= 0.3 is 11.9 Å². The van der Waals surface area contributed by atoms with Gasteiger partial charge < -0.3 is 28.4 Å². The molecule has 8 nitrogen and oxygen atoms in total. The van der Waals surface area contributed by atoms with Crippen molar-refractivity contribution in [1.29, 1.82) is 0 Å². The van der Waals surface area contributed by atoms with Crippen molar-refractivity contribution >= 4 is 11.9 Å². The lowest BCUT2D eigenvalue weighted by atomic mass is 9.67. The first kappa shape index (κ1) is 36.3. The Balaban J connectivity index is 1.09. The van der Waals surface area contributed by atoms with Crippen LogP contribution in [0.25, 0.3) is 0 Å². The first-order valence-electron chi connectivity index (χ1n) is 18.4. The van der Waals surface area contributed by atoms with E-state index in [9.17, 15) is 9.59 Å². The van der Waals surface area contributed by atoms with Gasteiger partial charge in [0.05, 0.1) is 26.7 Å². The fourth-order valence-electron chi connectivity index (χ4n) is 7.28. The number of carbonyl (C=O) groups excluding carboxylic acids is 2. The van der Waals surface area contributed by atoms with E-state index in [4.69, 9.17) is 28.4 Å². The van der Waals surface area contributed by atoms with Crippen molar-refractivity contribution < 1.29 is 38.0 Å². The van der Waals surface area contributed by atoms with Gasteiger partial charge in [0.1, 0.15) is 0 Å². The van der Waals surface area contributed by atoms with Crippen molar-refractivity contribution in [2.24, 2.45) is 11.8 Å². The Hall–Kier alpha value is -3.94. The number of hydrogen-bond donors (Lipinski definition) is 0. The highest BCUT2D eigenvalue weighted by molar-refractivity contribution is 5.79. The zero-order valence-electron chi connectivity index (χ0n) is 29.6. The number of rotatable bonds is 20. The predicted molar refractivity (Wildman–Crippen MR) is 190 cm³/mol. The van der Waals surface area contributed by atoms with Gasteiger partial charge in [-0.1, -0.05) is 76.2 Å². The molecule has 2 aliphatic heterocycles. The van der Waals surface area contributed by atoms with Crippen LogP contribution in [0, 0.1) is 11.8 Å². The predicted octanol–water partition coefficient (Wildman–Crippen LogP) is 9.41. The molecule has 1 fully saturated rings. The highest BCUT2D eigenvalue weighted by Crippen LogP contribution is 2.52. The maximum absolute atomic E-state index is 13.0. The summed E-state index contributed by atoms with van der Waals surface area (Å²) >= 11 is 0. The van der Waals surface area contributed by atoms with Gasteiger partial charge in [0.2, 0.25) is 12.5 Å². The molecule has 5 rings (SSSR count). The van der Waals surface area contributed by atoms with Gasteiger partial charge in [0.15, 0.2) is 23.0 Å². The number of allylic oxidation sites excluding steroid dienone is 4. The van der Waals surface area contributed by atoms with Crippen LogP contribution in [0.15, 0.2) is 48.6 Å². The molecule has 0 N–H and O–H groups in total. The molecular weight excluding hydrogens is 620 g/mol. The number of unbranched alkanes of at least 4 members (excludes halogenated alkanes) is 10. The summed E-state index contributed by atoms with van der Waals surface area (Å²) in [5, 5.41) is 0. The van der Waals surface area contributed by atoms with Gasteiger partial charge in [-0.05, 0) is 85.9 Å². The van der Waals surface area contributed by atoms with Gasteiger partial charge in [-0.2, -0.15) is 0 Å². The highest BCUT2D eigenvalue weighted by atomic mass is 16.7. The zero-order chi connectivity index (χ0) is 34.4. The first-order valence-corrected chi connectivity index (χ1v) is 18.4. The Morgan fingerprint density at radius 1 is 0.796 bits per heavy atom. The molecule has 1 aliphatic carbocycles. The quantitative estimate of drug-likeness (QED) is 0.0594. The number of cyclic esters (lactones) is 1. The van der Waals surface area contributed by atoms with Gasteiger partial charge in [-0.15, -0.1) is 0 Å². The Kier molecular flexibility index (Phi) is 13.9. The van der Waals surface area contributed by atoms with Crippen LogP contribution in [0.3, 0.4) is 0 Å². The normalized spacial score (nSPS) is 19.2. The van der Waals surface area contributed by atoms with E-state index in [1.165, 1.54) is 51.4 Å². The third-order valence-electron chi connectivity index (χ3n) is 9.92. The summed E-state index contributed by atoms with van der Waals surface area (Å²) in [4.78, 5) is 26.0. The van der Waals surface area contributed by atoms with E-state index in [-0.39, 0.29) is 42.2 Å². The highest BCUT2D eigenvalue weighted by Gasteiger charge is 2.48. The minimum absolute atomic E-state index is 0.0411. The fraction of sp³-hybridized carbons (Fsp3) is 0.561. The number of methoxy groups -OCH3 is 2. The van der Waals surface area contributed by atoms with Crippen LogP contribution in [0.4, 0.5) is 0 Å². The van der Waals surface area contributed by atoms with Crippen LogP contribution in [0.2, 0.25) is 0 Å². The summed E-state index contributed by atoms with van der Waals surface area (Å²) in [6, 6.07) is 7.69. The maximum Gasteiger partial charge on any atom is 0.311 e. The summed E-state index contributed by atoms with van der Waals surface area (Å²) in [5.41, 5.74) is 2.92. The lowest BCUT2D eigenvalue weighted by molar-refractivity contribution is -0.141. The van der Waals surface area contributed by atoms with Crippen molar-refractivity contribution in [1.82, 2.24) is 0 Å². The van der Waals surface area contributed by atoms with E-state index in [2.05, 4.69) is 31.2 Å². The summed E-state index contributed by atoms with van der Waals surface area (Å²) in [7, 11) is 3.08. The zero-order valence-corrected chi connectivity index (χ0v) is 29.6. The van der Waals surface area contributed by atoms with E-state index < -0.39 is 0 Å². The van der Waals surface area contributed by atoms with Crippen LogP contribution in [-0.2, 0) is 20.7 Å². The topological polar surface area (TPSA) is 89.5 Å². The average Bonchev–Trinajstić information content (AvgIpc) is 3.73. The van der Waals surface area contributed by atoms with E-state index in [0.717, 1.165) is 55.2 Å². The van der Waals surface area contributed by atoms with Gasteiger partial charge in [0, 0.05) is 18.3 Å². The molecule has 0 aromatic heterocycles. The van der Waals surface area contributed by atoms with Crippen LogP contribution in [0.5, 0.6) is 28.7 Å². The van der Waals surface area contributed by atoms with Crippen molar-refractivity contribution in [3.63, 3.8) is 0 Å². The number of fused-ring (bicyclic) bond motifs is 3. The molecule has 3 aliphatic rings. The average molecular weight is 675 g/mol.